The van der Waals surface area contributed by atoms with Gasteiger partial charge in [-0.3, -0.25) is 9.88 Å². The van der Waals surface area contributed by atoms with Gasteiger partial charge in [-0.05, 0) is 45.2 Å². The van der Waals surface area contributed by atoms with Crippen molar-refractivity contribution in [2.75, 3.05) is 6.54 Å². The van der Waals surface area contributed by atoms with Crippen molar-refractivity contribution in [1.82, 2.24) is 9.88 Å². The zero-order valence-electron chi connectivity index (χ0n) is 12.6. The summed E-state index contributed by atoms with van der Waals surface area (Å²) in [6.45, 7) is 8.45. The summed E-state index contributed by atoms with van der Waals surface area (Å²) in [6, 6.07) is 3.84. The molecule has 2 rings (SSSR count). The predicted octanol–water partition coefficient (Wildman–Crippen LogP) is 3.70. The zero-order valence-corrected chi connectivity index (χ0v) is 12.6. The molecule has 0 aliphatic carbocycles. The molecule has 0 bridgehead atoms. The van der Waals surface area contributed by atoms with Gasteiger partial charge in [-0.15, -0.1) is 0 Å². The molecule has 0 saturated carbocycles. The van der Waals surface area contributed by atoms with Gasteiger partial charge in [0.1, 0.15) is 5.60 Å². The maximum absolute atomic E-state index is 12.4. The van der Waals surface area contributed by atoms with Gasteiger partial charge in [0.25, 0.3) is 0 Å². The number of nitrogens with zero attached hydrogens (tertiary/aromatic N) is 2. The second-order valence-corrected chi connectivity index (χ2v) is 6.26. The van der Waals surface area contributed by atoms with Crippen LogP contribution in [0.2, 0.25) is 0 Å². The SMILES string of the molecule is C[C@H]1CC=C(c2cccnc2)N(C(=O)OC(C)(C)C)C1. The molecule has 1 aromatic rings. The Morgan fingerprint density at radius 1 is 1.45 bits per heavy atom. The van der Waals surface area contributed by atoms with Gasteiger partial charge in [0.05, 0.1) is 5.70 Å². The van der Waals surface area contributed by atoms with Crippen molar-refractivity contribution in [3.63, 3.8) is 0 Å². The molecule has 1 aliphatic heterocycles. The van der Waals surface area contributed by atoms with Gasteiger partial charge in [-0.2, -0.15) is 0 Å². The molecule has 0 saturated heterocycles. The third kappa shape index (κ3) is 3.59. The van der Waals surface area contributed by atoms with Gasteiger partial charge in [0, 0.05) is 24.5 Å². The quantitative estimate of drug-likeness (QED) is 0.784. The fraction of sp³-hybridized carbons (Fsp3) is 0.500. The highest BCUT2D eigenvalue weighted by molar-refractivity contribution is 5.82. The van der Waals surface area contributed by atoms with Gasteiger partial charge in [0.2, 0.25) is 0 Å². The van der Waals surface area contributed by atoms with Gasteiger partial charge in [0.15, 0.2) is 0 Å². The van der Waals surface area contributed by atoms with Crippen LogP contribution in [0.15, 0.2) is 30.6 Å². The first-order valence-electron chi connectivity index (χ1n) is 6.98. The second-order valence-electron chi connectivity index (χ2n) is 6.26. The van der Waals surface area contributed by atoms with Crippen molar-refractivity contribution in [3.05, 3.63) is 36.2 Å². The molecule has 0 N–H and O–H groups in total. The summed E-state index contributed by atoms with van der Waals surface area (Å²) in [5, 5.41) is 0. The number of allylic oxidation sites excluding steroid dienone is 1. The predicted molar refractivity (Wildman–Crippen MR) is 78.9 cm³/mol. The maximum atomic E-state index is 12.4. The largest absolute Gasteiger partial charge is 0.443 e. The topological polar surface area (TPSA) is 42.4 Å². The van der Waals surface area contributed by atoms with Crippen LogP contribution in [-0.2, 0) is 4.74 Å². The van der Waals surface area contributed by atoms with E-state index in [1.165, 1.54) is 0 Å². The molecule has 0 fully saturated rings. The standard InChI is InChI=1S/C16H22N2O2/c1-12-7-8-14(13-6-5-9-17-10-13)18(11-12)15(19)20-16(2,3)4/h5-6,8-10,12H,7,11H2,1-4H3/t12-/m0/s1. The van der Waals surface area contributed by atoms with E-state index in [-0.39, 0.29) is 6.09 Å². The number of rotatable bonds is 1. The Morgan fingerprint density at radius 2 is 2.20 bits per heavy atom. The van der Waals surface area contributed by atoms with Gasteiger partial charge < -0.3 is 4.74 Å². The number of pyridine rings is 1. The Bertz CT molecular complexity index is 503. The summed E-state index contributed by atoms with van der Waals surface area (Å²) >= 11 is 0. The third-order valence-electron chi connectivity index (χ3n) is 3.07. The Labute approximate surface area is 120 Å². The van der Waals surface area contributed by atoms with Gasteiger partial charge in [-0.25, -0.2) is 4.79 Å². The number of aromatic nitrogens is 1. The molecule has 1 amide bonds. The summed E-state index contributed by atoms with van der Waals surface area (Å²) in [5.41, 5.74) is 1.35. The fourth-order valence-electron chi connectivity index (χ4n) is 2.19. The molecular formula is C16H22N2O2. The van der Waals surface area contributed by atoms with E-state index in [9.17, 15) is 4.79 Å². The van der Waals surface area contributed by atoms with Crippen molar-refractivity contribution in [2.24, 2.45) is 5.92 Å². The van der Waals surface area contributed by atoms with E-state index >= 15 is 0 Å². The minimum absolute atomic E-state index is 0.292. The molecule has 4 nitrogen and oxygen atoms in total. The summed E-state index contributed by atoms with van der Waals surface area (Å²) < 4.78 is 5.50. The number of amides is 1. The summed E-state index contributed by atoms with van der Waals surface area (Å²) in [4.78, 5) is 18.2. The van der Waals surface area contributed by atoms with Crippen molar-refractivity contribution in [1.29, 1.82) is 0 Å². The molecule has 0 radical (unpaired) electrons. The average molecular weight is 274 g/mol. The van der Waals surface area contributed by atoms with E-state index in [4.69, 9.17) is 4.74 Å². The van der Waals surface area contributed by atoms with Crippen LogP contribution in [0.1, 0.15) is 39.7 Å². The lowest BCUT2D eigenvalue weighted by atomic mass is 9.99. The van der Waals surface area contributed by atoms with Crippen LogP contribution in [-0.4, -0.2) is 28.1 Å². The van der Waals surface area contributed by atoms with Crippen LogP contribution in [0.4, 0.5) is 4.79 Å². The first-order chi connectivity index (χ1) is 9.37. The molecule has 1 aliphatic rings. The van der Waals surface area contributed by atoms with Crippen molar-refractivity contribution >= 4 is 11.8 Å². The fourth-order valence-corrected chi connectivity index (χ4v) is 2.19. The molecule has 1 aromatic heterocycles. The monoisotopic (exact) mass is 274 g/mol. The highest BCUT2D eigenvalue weighted by atomic mass is 16.6. The molecule has 2 heterocycles. The van der Waals surface area contributed by atoms with Crippen molar-refractivity contribution < 1.29 is 9.53 Å². The normalized spacial score (nSPS) is 19.5. The number of ether oxygens (including phenoxy) is 1. The van der Waals surface area contributed by atoms with Crippen molar-refractivity contribution in [2.45, 2.75) is 39.7 Å². The van der Waals surface area contributed by atoms with Crippen molar-refractivity contribution in [3.8, 4) is 0 Å². The first kappa shape index (κ1) is 14.6. The Hall–Kier alpha value is -1.84. The highest BCUT2D eigenvalue weighted by Gasteiger charge is 2.29. The lowest BCUT2D eigenvalue weighted by Crippen LogP contribution is -2.39. The average Bonchev–Trinajstić information content (AvgIpc) is 2.37. The Morgan fingerprint density at radius 3 is 2.80 bits per heavy atom. The van der Waals surface area contributed by atoms with E-state index in [0.29, 0.717) is 12.5 Å². The lowest BCUT2D eigenvalue weighted by Gasteiger charge is -2.33. The molecule has 108 valence electrons. The van der Waals surface area contributed by atoms with Crippen LogP contribution in [0.5, 0.6) is 0 Å². The van der Waals surface area contributed by atoms with Crippen LogP contribution >= 0.6 is 0 Å². The molecule has 0 spiro atoms. The van der Waals surface area contributed by atoms with E-state index in [1.54, 1.807) is 17.3 Å². The van der Waals surface area contributed by atoms with Crippen LogP contribution < -0.4 is 0 Å². The molecular weight excluding hydrogens is 252 g/mol. The lowest BCUT2D eigenvalue weighted by molar-refractivity contribution is 0.0327. The number of carbonyl (C=O) groups is 1. The van der Waals surface area contributed by atoms with E-state index in [1.807, 2.05) is 32.9 Å². The van der Waals surface area contributed by atoms with Gasteiger partial charge >= 0.3 is 6.09 Å². The van der Waals surface area contributed by atoms with Crippen LogP contribution in [0, 0.1) is 5.92 Å². The Balaban J connectivity index is 2.26. The maximum Gasteiger partial charge on any atom is 0.414 e. The Kier molecular flexibility index (Phi) is 4.12. The van der Waals surface area contributed by atoms with Crippen LogP contribution in [0.3, 0.4) is 0 Å². The van der Waals surface area contributed by atoms with Crippen LogP contribution in [0.25, 0.3) is 5.70 Å². The zero-order chi connectivity index (χ0) is 14.8. The molecule has 4 heteroatoms. The summed E-state index contributed by atoms with van der Waals surface area (Å²) in [6.07, 6.45) is 6.27. The van der Waals surface area contributed by atoms with Gasteiger partial charge in [-0.1, -0.05) is 13.0 Å². The summed E-state index contributed by atoms with van der Waals surface area (Å²) in [5.74, 6) is 0.433. The van der Waals surface area contributed by atoms with E-state index in [0.717, 1.165) is 17.7 Å². The molecule has 0 unspecified atom stereocenters. The number of carbonyl (C=O) groups excluding carboxylic acids is 1. The molecule has 20 heavy (non-hydrogen) atoms. The first-order valence-corrected chi connectivity index (χ1v) is 6.98. The molecule has 0 aromatic carbocycles. The molecule has 1 atom stereocenters. The minimum Gasteiger partial charge on any atom is -0.443 e. The number of hydrogen-bond donors (Lipinski definition) is 0. The minimum atomic E-state index is -0.488. The highest BCUT2D eigenvalue weighted by Crippen LogP contribution is 2.28. The third-order valence-corrected chi connectivity index (χ3v) is 3.07. The van der Waals surface area contributed by atoms with E-state index < -0.39 is 5.60 Å². The second kappa shape index (κ2) is 5.65. The number of hydrogen-bond acceptors (Lipinski definition) is 3. The van der Waals surface area contributed by atoms with E-state index in [2.05, 4.69) is 18.0 Å². The summed E-state index contributed by atoms with van der Waals surface area (Å²) in [7, 11) is 0. The smallest absolute Gasteiger partial charge is 0.414 e.